The van der Waals surface area contributed by atoms with Crippen LogP contribution < -0.4 is 4.74 Å². The van der Waals surface area contributed by atoms with Gasteiger partial charge in [-0.25, -0.2) is 15.0 Å². The molecular weight excluding hydrogens is 420 g/mol. The van der Waals surface area contributed by atoms with E-state index in [4.69, 9.17) is 21.3 Å². The lowest BCUT2D eigenvalue weighted by Crippen LogP contribution is -2.23. The van der Waals surface area contributed by atoms with Crippen LogP contribution in [-0.2, 0) is 11.8 Å². The van der Waals surface area contributed by atoms with Crippen LogP contribution in [0.2, 0.25) is 5.02 Å². The molecular formula is C26H27ClN4O. The summed E-state index contributed by atoms with van der Waals surface area (Å²) in [7, 11) is 1.68. The average molecular weight is 447 g/mol. The molecule has 0 unspecified atom stereocenters. The molecule has 2 aromatic carbocycles. The van der Waals surface area contributed by atoms with E-state index in [1.165, 1.54) is 0 Å². The van der Waals surface area contributed by atoms with Gasteiger partial charge in [0.25, 0.3) is 0 Å². The number of halogens is 1. The predicted octanol–water partition coefficient (Wildman–Crippen LogP) is 5.86. The van der Waals surface area contributed by atoms with Crippen LogP contribution in [0.15, 0.2) is 61.2 Å². The highest BCUT2D eigenvalue weighted by molar-refractivity contribution is 6.30. The molecule has 0 atom stereocenters. The quantitative estimate of drug-likeness (QED) is 0.372. The molecule has 4 aromatic rings. The second-order valence-electron chi connectivity index (χ2n) is 8.56. The third-order valence-electron chi connectivity index (χ3n) is 5.78. The standard InChI is InChI=1S/C26H27ClN4O/c1-17-14-28-24(30-25(17)26(3,4)20-7-9-21(27)10-8-20)13-19-6-11-22(23(12-19)32-5)31-15-18(2)29-16-31/h6-12,14-16H,13H2,1-5H3. The zero-order chi connectivity index (χ0) is 22.9. The summed E-state index contributed by atoms with van der Waals surface area (Å²) in [5.74, 6) is 1.56. The van der Waals surface area contributed by atoms with Crippen molar-refractivity contribution in [2.75, 3.05) is 7.11 Å². The average Bonchev–Trinajstić information content (AvgIpc) is 3.21. The van der Waals surface area contributed by atoms with Crippen molar-refractivity contribution in [1.29, 1.82) is 0 Å². The van der Waals surface area contributed by atoms with Gasteiger partial charge in [0.1, 0.15) is 11.6 Å². The molecule has 5 nitrogen and oxygen atoms in total. The lowest BCUT2D eigenvalue weighted by Gasteiger charge is -2.27. The molecule has 32 heavy (non-hydrogen) atoms. The van der Waals surface area contributed by atoms with Gasteiger partial charge in [0.2, 0.25) is 0 Å². The van der Waals surface area contributed by atoms with Crippen LogP contribution in [0.4, 0.5) is 0 Å². The number of hydrogen-bond donors (Lipinski definition) is 0. The molecule has 6 heteroatoms. The highest BCUT2D eigenvalue weighted by Gasteiger charge is 2.27. The monoisotopic (exact) mass is 446 g/mol. The molecule has 0 aliphatic rings. The topological polar surface area (TPSA) is 52.8 Å². The lowest BCUT2D eigenvalue weighted by molar-refractivity contribution is 0.412. The van der Waals surface area contributed by atoms with Crippen molar-refractivity contribution in [3.05, 3.63) is 100 Å². The van der Waals surface area contributed by atoms with Gasteiger partial charge in [-0.3, -0.25) is 0 Å². The Balaban J connectivity index is 1.65. The first-order valence-electron chi connectivity index (χ1n) is 10.5. The molecule has 0 N–H and O–H groups in total. The summed E-state index contributed by atoms with van der Waals surface area (Å²) >= 11 is 6.09. The molecule has 0 radical (unpaired) electrons. The minimum atomic E-state index is -0.271. The second kappa shape index (κ2) is 8.75. The fourth-order valence-electron chi connectivity index (χ4n) is 3.98. The van der Waals surface area contributed by atoms with Gasteiger partial charge < -0.3 is 9.30 Å². The molecule has 0 fully saturated rings. The van der Waals surface area contributed by atoms with Crippen molar-refractivity contribution in [3.63, 3.8) is 0 Å². The van der Waals surface area contributed by atoms with Gasteiger partial charge in [0.15, 0.2) is 0 Å². The molecule has 0 amide bonds. The van der Waals surface area contributed by atoms with E-state index in [1.54, 1.807) is 13.4 Å². The molecule has 0 aliphatic carbocycles. The minimum Gasteiger partial charge on any atom is -0.495 e. The molecule has 2 heterocycles. The molecule has 0 saturated carbocycles. The van der Waals surface area contributed by atoms with Crippen molar-refractivity contribution in [1.82, 2.24) is 19.5 Å². The number of aryl methyl sites for hydroxylation is 2. The Kier molecular flexibility index (Phi) is 6.02. The number of imidazole rings is 1. The number of methoxy groups -OCH3 is 1. The number of rotatable bonds is 6. The molecule has 0 aliphatic heterocycles. The van der Waals surface area contributed by atoms with E-state index in [0.29, 0.717) is 6.42 Å². The van der Waals surface area contributed by atoms with Crippen LogP contribution >= 0.6 is 11.6 Å². The van der Waals surface area contributed by atoms with Gasteiger partial charge in [-0.1, -0.05) is 43.6 Å². The van der Waals surface area contributed by atoms with E-state index in [9.17, 15) is 0 Å². The molecule has 2 aromatic heterocycles. The Morgan fingerprint density at radius 1 is 1.03 bits per heavy atom. The largest absolute Gasteiger partial charge is 0.495 e. The first kappa shape index (κ1) is 22.0. The van der Waals surface area contributed by atoms with E-state index >= 15 is 0 Å². The smallest absolute Gasteiger partial charge is 0.143 e. The fraction of sp³-hybridized carbons (Fsp3) is 0.269. The van der Waals surface area contributed by atoms with Crippen molar-refractivity contribution < 1.29 is 4.74 Å². The number of nitrogens with zero attached hydrogens (tertiary/aromatic N) is 4. The van der Waals surface area contributed by atoms with Gasteiger partial charge in [0, 0.05) is 29.3 Å². The Morgan fingerprint density at radius 3 is 2.44 bits per heavy atom. The van der Waals surface area contributed by atoms with Crippen LogP contribution in [-0.4, -0.2) is 26.6 Å². The summed E-state index contributed by atoms with van der Waals surface area (Å²) in [5.41, 5.74) is 5.97. The predicted molar refractivity (Wildman–Crippen MR) is 128 cm³/mol. The molecule has 4 rings (SSSR count). The lowest BCUT2D eigenvalue weighted by atomic mass is 9.80. The molecule has 0 spiro atoms. The zero-order valence-corrected chi connectivity index (χ0v) is 19.8. The summed E-state index contributed by atoms with van der Waals surface area (Å²) in [6, 6.07) is 14.1. The van der Waals surface area contributed by atoms with Crippen LogP contribution in [0.5, 0.6) is 5.75 Å². The van der Waals surface area contributed by atoms with Crippen molar-refractivity contribution in [2.45, 2.75) is 39.5 Å². The van der Waals surface area contributed by atoms with Crippen LogP contribution in [0, 0.1) is 13.8 Å². The minimum absolute atomic E-state index is 0.271. The van der Waals surface area contributed by atoms with E-state index in [1.807, 2.05) is 48.1 Å². The van der Waals surface area contributed by atoms with E-state index < -0.39 is 0 Å². The maximum atomic E-state index is 6.09. The maximum absolute atomic E-state index is 6.09. The van der Waals surface area contributed by atoms with Crippen LogP contribution in [0.25, 0.3) is 5.69 Å². The Labute approximate surface area is 194 Å². The first-order chi connectivity index (χ1) is 15.3. The Bertz CT molecular complexity index is 1250. The van der Waals surface area contributed by atoms with Gasteiger partial charge in [-0.15, -0.1) is 0 Å². The number of benzene rings is 2. The fourth-order valence-corrected chi connectivity index (χ4v) is 4.11. The first-order valence-corrected chi connectivity index (χ1v) is 10.9. The zero-order valence-electron chi connectivity index (χ0n) is 19.1. The van der Waals surface area contributed by atoms with Gasteiger partial charge >= 0.3 is 0 Å². The normalized spacial score (nSPS) is 11.6. The second-order valence-corrected chi connectivity index (χ2v) is 8.99. The Morgan fingerprint density at radius 2 is 1.78 bits per heavy atom. The Hall–Kier alpha value is -3.18. The van der Waals surface area contributed by atoms with Gasteiger partial charge in [0.05, 0.1) is 30.5 Å². The highest BCUT2D eigenvalue weighted by Crippen LogP contribution is 2.33. The van der Waals surface area contributed by atoms with Gasteiger partial charge in [-0.05, 0) is 54.8 Å². The summed E-state index contributed by atoms with van der Waals surface area (Å²) in [4.78, 5) is 13.9. The SMILES string of the molecule is COc1cc(Cc2ncc(C)c(C(C)(C)c3ccc(Cl)cc3)n2)ccc1-n1cnc(C)c1. The van der Waals surface area contributed by atoms with Crippen molar-refractivity contribution in [3.8, 4) is 11.4 Å². The van der Waals surface area contributed by atoms with Crippen LogP contribution in [0.1, 0.15) is 47.8 Å². The highest BCUT2D eigenvalue weighted by atomic mass is 35.5. The number of hydrogen-bond acceptors (Lipinski definition) is 4. The summed E-state index contributed by atoms with van der Waals surface area (Å²) in [5, 5.41) is 0.730. The summed E-state index contributed by atoms with van der Waals surface area (Å²) < 4.78 is 7.62. The molecule has 0 saturated heterocycles. The van der Waals surface area contributed by atoms with E-state index in [2.05, 4.69) is 48.9 Å². The van der Waals surface area contributed by atoms with Crippen molar-refractivity contribution in [2.24, 2.45) is 0 Å². The number of ether oxygens (including phenoxy) is 1. The summed E-state index contributed by atoms with van der Waals surface area (Å²) in [6.45, 7) is 8.39. The summed E-state index contributed by atoms with van der Waals surface area (Å²) in [6.07, 6.45) is 6.30. The van der Waals surface area contributed by atoms with Crippen molar-refractivity contribution >= 4 is 11.6 Å². The molecule has 0 bridgehead atoms. The maximum Gasteiger partial charge on any atom is 0.143 e. The van der Waals surface area contributed by atoms with Crippen LogP contribution in [0.3, 0.4) is 0 Å². The third kappa shape index (κ3) is 4.39. The van der Waals surface area contributed by atoms with E-state index in [-0.39, 0.29) is 5.41 Å². The van der Waals surface area contributed by atoms with Gasteiger partial charge in [-0.2, -0.15) is 0 Å². The van der Waals surface area contributed by atoms with E-state index in [0.717, 1.165) is 50.4 Å². The molecule has 164 valence electrons. The third-order valence-corrected chi connectivity index (χ3v) is 6.03. The number of aromatic nitrogens is 4.